The Kier molecular flexibility index (Phi) is 7.26. The molecule has 28 heavy (non-hydrogen) atoms. The molecule has 1 aliphatic heterocycles. The molecule has 150 valence electrons. The Morgan fingerprint density at radius 1 is 1.07 bits per heavy atom. The van der Waals surface area contributed by atoms with Crippen molar-refractivity contribution in [2.45, 2.75) is 38.0 Å². The normalized spacial score (nSPS) is 16.2. The van der Waals surface area contributed by atoms with Gasteiger partial charge in [-0.3, -0.25) is 4.79 Å². The number of benzene rings is 2. The molecule has 0 N–H and O–H groups in total. The summed E-state index contributed by atoms with van der Waals surface area (Å²) in [6.07, 6.45) is 4.75. The first-order chi connectivity index (χ1) is 13.7. The highest BCUT2D eigenvalue weighted by Gasteiger charge is 2.32. The van der Waals surface area contributed by atoms with Gasteiger partial charge >= 0.3 is 0 Å². The molecule has 0 radical (unpaired) electrons. The number of amides is 1. The van der Waals surface area contributed by atoms with Gasteiger partial charge in [0.1, 0.15) is 16.9 Å². The van der Waals surface area contributed by atoms with Crippen LogP contribution in [0, 0.1) is 0 Å². The Balaban J connectivity index is 1.76. The maximum Gasteiger partial charge on any atom is 0.255 e. The minimum atomic E-state index is -0.0271. The van der Waals surface area contributed by atoms with Gasteiger partial charge in [-0.05, 0) is 48.2 Å². The number of aryl methyl sites for hydroxylation is 1. The van der Waals surface area contributed by atoms with Crippen LogP contribution in [0.5, 0.6) is 11.5 Å². The minimum Gasteiger partial charge on any atom is -0.497 e. The van der Waals surface area contributed by atoms with Crippen molar-refractivity contribution in [1.82, 2.24) is 4.90 Å². The first-order valence-electron chi connectivity index (χ1n) is 9.90. The minimum absolute atomic E-state index is 0.0271. The Hall–Kier alpha value is -2.14. The highest BCUT2D eigenvalue weighted by molar-refractivity contribution is 7.99. The summed E-state index contributed by atoms with van der Waals surface area (Å²) >= 11 is 1.78. The average Bonchev–Trinajstić information content (AvgIpc) is 3.23. The lowest BCUT2D eigenvalue weighted by Crippen LogP contribution is -2.30. The quantitative estimate of drug-likeness (QED) is 0.563. The van der Waals surface area contributed by atoms with Crippen LogP contribution in [0.1, 0.15) is 53.0 Å². The van der Waals surface area contributed by atoms with Gasteiger partial charge in [-0.25, -0.2) is 0 Å². The van der Waals surface area contributed by atoms with Gasteiger partial charge in [0, 0.05) is 23.9 Å². The van der Waals surface area contributed by atoms with Crippen molar-refractivity contribution in [3.8, 4) is 11.5 Å². The lowest BCUT2D eigenvalue weighted by Gasteiger charge is -2.25. The smallest absolute Gasteiger partial charge is 0.255 e. The van der Waals surface area contributed by atoms with E-state index >= 15 is 0 Å². The predicted molar refractivity (Wildman–Crippen MR) is 115 cm³/mol. The third-order valence-electron chi connectivity index (χ3n) is 5.08. The number of unbranched alkanes of at least 4 members (excludes halogenated alkanes) is 2. The van der Waals surface area contributed by atoms with Crippen LogP contribution in [0.15, 0.2) is 42.5 Å². The van der Waals surface area contributed by atoms with Gasteiger partial charge in [-0.2, -0.15) is 0 Å². The number of hydrogen-bond donors (Lipinski definition) is 0. The zero-order valence-electron chi connectivity index (χ0n) is 16.9. The summed E-state index contributed by atoms with van der Waals surface area (Å²) in [5, 5.41) is -0.0271. The largest absolute Gasteiger partial charge is 0.497 e. The highest BCUT2D eigenvalue weighted by Crippen LogP contribution is 2.41. The van der Waals surface area contributed by atoms with Crippen LogP contribution in [0.2, 0.25) is 0 Å². The van der Waals surface area contributed by atoms with E-state index in [9.17, 15) is 4.79 Å². The summed E-state index contributed by atoms with van der Waals surface area (Å²) in [5.74, 6) is 2.48. The molecule has 2 aromatic rings. The van der Waals surface area contributed by atoms with Crippen molar-refractivity contribution in [1.29, 1.82) is 0 Å². The van der Waals surface area contributed by atoms with Crippen molar-refractivity contribution >= 4 is 17.7 Å². The molecule has 0 spiro atoms. The number of hydrogen-bond acceptors (Lipinski definition) is 4. The topological polar surface area (TPSA) is 38.8 Å². The molecule has 1 aliphatic rings. The molecule has 3 rings (SSSR count). The van der Waals surface area contributed by atoms with Gasteiger partial charge in [0.25, 0.3) is 5.91 Å². The summed E-state index contributed by atoms with van der Waals surface area (Å²) < 4.78 is 10.8. The average molecular weight is 400 g/mol. The second-order valence-electron chi connectivity index (χ2n) is 7.02. The molecule has 2 aromatic carbocycles. The standard InChI is InChI=1S/C23H29NO3S/c1-4-5-6-7-17-8-10-18(11-9-17)22(25)24-12-13-28-23(24)19-14-20(26-2)16-21(15-19)27-3/h8-11,14-16,23H,4-7,12-13H2,1-3H3/t23-/m1/s1. The second-order valence-corrected chi connectivity index (χ2v) is 8.21. The number of thioether (sulfide) groups is 1. The molecule has 0 bridgehead atoms. The molecule has 4 nitrogen and oxygen atoms in total. The monoisotopic (exact) mass is 399 g/mol. The lowest BCUT2D eigenvalue weighted by molar-refractivity contribution is 0.0760. The molecule has 0 aromatic heterocycles. The number of nitrogens with zero attached hydrogens (tertiary/aromatic N) is 1. The molecule has 1 amide bonds. The fourth-order valence-corrected chi connectivity index (χ4v) is 4.72. The molecule has 0 unspecified atom stereocenters. The van der Waals surface area contributed by atoms with Crippen LogP contribution < -0.4 is 9.47 Å². The third kappa shape index (κ3) is 4.82. The first-order valence-corrected chi connectivity index (χ1v) is 11.0. The fourth-order valence-electron chi connectivity index (χ4n) is 3.49. The third-order valence-corrected chi connectivity index (χ3v) is 6.34. The molecule has 5 heteroatoms. The van der Waals surface area contributed by atoms with Gasteiger partial charge in [-0.1, -0.05) is 31.9 Å². The maximum atomic E-state index is 13.2. The second kappa shape index (κ2) is 9.87. The summed E-state index contributed by atoms with van der Waals surface area (Å²) in [7, 11) is 3.29. The number of carbonyl (C=O) groups excluding carboxylic acids is 1. The van der Waals surface area contributed by atoms with Crippen molar-refractivity contribution in [3.05, 3.63) is 59.2 Å². The van der Waals surface area contributed by atoms with Crippen LogP contribution in [0.3, 0.4) is 0 Å². The van der Waals surface area contributed by atoms with Crippen LogP contribution >= 0.6 is 11.8 Å². The Morgan fingerprint density at radius 2 is 1.75 bits per heavy atom. The Morgan fingerprint density at radius 3 is 2.36 bits per heavy atom. The molecule has 0 saturated carbocycles. The van der Waals surface area contributed by atoms with E-state index in [0.29, 0.717) is 0 Å². The van der Waals surface area contributed by atoms with Crippen LogP contribution in [-0.4, -0.2) is 37.3 Å². The zero-order chi connectivity index (χ0) is 19.9. The van der Waals surface area contributed by atoms with Gasteiger partial charge in [-0.15, -0.1) is 11.8 Å². The summed E-state index contributed by atoms with van der Waals surface area (Å²) in [4.78, 5) is 15.1. The Bertz CT molecular complexity index is 769. The van der Waals surface area contributed by atoms with E-state index in [-0.39, 0.29) is 11.3 Å². The molecular formula is C23H29NO3S. The summed E-state index contributed by atoms with van der Waals surface area (Å²) in [6, 6.07) is 14.0. The first kappa shape index (κ1) is 20.6. The van der Waals surface area contributed by atoms with Crippen LogP contribution in [0.4, 0.5) is 0 Å². The lowest BCUT2D eigenvalue weighted by atomic mass is 10.0. The van der Waals surface area contributed by atoms with Crippen LogP contribution in [0.25, 0.3) is 0 Å². The molecule has 1 atom stereocenters. The van der Waals surface area contributed by atoms with Gasteiger partial charge in [0.2, 0.25) is 0 Å². The molecule has 1 saturated heterocycles. The van der Waals surface area contributed by atoms with E-state index in [1.54, 1.807) is 26.0 Å². The zero-order valence-corrected chi connectivity index (χ0v) is 17.8. The maximum absolute atomic E-state index is 13.2. The molecule has 1 fully saturated rings. The number of carbonyl (C=O) groups is 1. The Labute approximate surface area is 172 Å². The van der Waals surface area contributed by atoms with E-state index in [1.165, 1.54) is 24.8 Å². The number of ether oxygens (including phenoxy) is 2. The molecule has 1 heterocycles. The number of methoxy groups -OCH3 is 2. The predicted octanol–water partition coefficient (Wildman–Crippen LogP) is 5.32. The SMILES string of the molecule is CCCCCc1ccc(C(=O)N2CCS[C@@H]2c2cc(OC)cc(OC)c2)cc1. The van der Waals surface area contributed by atoms with E-state index in [4.69, 9.17) is 9.47 Å². The summed E-state index contributed by atoms with van der Waals surface area (Å²) in [5.41, 5.74) is 3.08. The molecular weight excluding hydrogens is 370 g/mol. The van der Waals surface area contributed by atoms with E-state index in [1.807, 2.05) is 35.2 Å². The highest BCUT2D eigenvalue weighted by atomic mass is 32.2. The van der Waals surface area contributed by atoms with Crippen molar-refractivity contribution < 1.29 is 14.3 Å². The van der Waals surface area contributed by atoms with Gasteiger partial charge in [0.15, 0.2) is 0 Å². The van der Waals surface area contributed by atoms with Crippen molar-refractivity contribution in [3.63, 3.8) is 0 Å². The van der Waals surface area contributed by atoms with Crippen molar-refractivity contribution in [2.24, 2.45) is 0 Å². The summed E-state index contributed by atoms with van der Waals surface area (Å²) in [6.45, 7) is 2.95. The van der Waals surface area contributed by atoms with Crippen molar-refractivity contribution in [2.75, 3.05) is 26.5 Å². The van der Waals surface area contributed by atoms with Gasteiger partial charge in [0.05, 0.1) is 14.2 Å². The van der Waals surface area contributed by atoms with E-state index in [0.717, 1.165) is 41.3 Å². The van der Waals surface area contributed by atoms with Gasteiger partial charge < -0.3 is 14.4 Å². The fraction of sp³-hybridized carbons (Fsp3) is 0.435. The van der Waals surface area contributed by atoms with E-state index in [2.05, 4.69) is 19.1 Å². The van der Waals surface area contributed by atoms with E-state index < -0.39 is 0 Å². The van der Waals surface area contributed by atoms with Crippen LogP contribution in [-0.2, 0) is 6.42 Å². The number of rotatable bonds is 8. The molecule has 0 aliphatic carbocycles.